The van der Waals surface area contributed by atoms with E-state index in [0.29, 0.717) is 18.7 Å². The van der Waals surface area contributed by atoms with E-state index >= 15 is 0 Å². The van der Waals surface area contributed by atoms with Crippen LogP contribution in [0.25, 0.3) is 0 Å². The summed E-state index contributed by atoms with van der Waals surface area (Å²) in [4.78, 5) is 27.9. The van der Waals surface area contributed by atoms with Crippen molar-refractivity contribution in [2.24, 2.45) is 0 Å². The molecule has 2 heterocycles. The Morgan fingerprint density at radius 3 is 2.95 bits per heavy atom. The fourth-order valence-corrected chi connectivity index (χ4v) is 2.57. The Kier molecular flexibility index (Phi) is 3.02. The molecule has 0 fully saturated rings. The van der Waals surface area contributed by atoms with Crippen molar-refractivity contribution in [3.05, 3.63) is 63.6 Å². The van der Waals surface area contributed by atoms with E-state index in [4.69, 9.17) is 5.73 Å². The standard InChI is InChI=1S/C15H15N3O2/c16-13-3-1-2-11-9-18(7-5-12(11)13)15(20)10-4-6-17-14(19)8-10/h1-4,6,8H,5,7,9,16H2,(H,17,19). The van der Waals surface area contributed by atoms with Crippen LogP contribution in [0.2, 0.25) is 0 Å². The van der Waals surface area contributed by atoms with Gasteiger partial charge in [-0.05, 0) is 29.7 Å². The number of hydrogen-bond donors (Lipinski definition) is 2. The molecular formula is C15H15N3O2. The van der Waals surface area contributed by atoms with Gasteiger partial charge in [0.05, 0.1) is 0 Å². The molecule has 1 aliphatic heterocycles. The van der Waals surface area contributed by atoms with Crippen molar-refractivity contribution in [3.8, 4) is 0 Å². The molecule has 1 aromatic carbocycles. The topological polar surface area (TPSA) is 79.2 Å². The van der Waals surface area contributed by atoms with Crippen LogP contribution in [0.1, 0.15) is 21.5 Å². The van der Waals surface area contributed by atoms with Crippen molar-refractivity contribution in [2.45, 2.75) is 13.0 Å². The van der Waals surface area contributed by atoms with Crippen LogP contribution in [-0.4, -0.2) is 22.3 Å². The van der Waals surface area contributed by atoms with Crippen LogP contribution in [0, 0.1) is 0 Å². The number of aromatic amines is 1. The molecule has 0 radical (unpaired) electrons. The fourth-order valence-electron chi connectivity index (χ4n) is 2.57. The first-order valence-corrected chi connectivity index (χ1v) is 6.49. The van der Waals surface area contributed by atoms with Gasteiger partial charge < -0.3 is 15.6 Å². The SMILES string of the molecule is Nc1cccc2c1CCN(C(=O)c1cc[nH]c(=O)c1)C2. The minimum atomic E-state index is -0.266. The zero-order valence-corrected chi connectivity index (χ0v) is 10.9. The molecular weight excluding hydrogens is 254 g/mol. The highest BCUT2D eigenvalue weighted by atomic mass is 16.2. The lowest BCUT2D eigenvalue weighted by Crippen LogP contribution is -2.36. The summed E-state index contributed by atoms with van der Waals surface area (Å²) in [5.74, 6) is -0.121. The van der Waals surface area contributed by atoms with Crippen molar-refractivity contribution in [1.82, 2.24) is 9.88 Å². The van der Waals surface area contributed by atoms with E-state index in [0.717, 1.165) is 23.2 Å². The first-order valence-electron chi connectivity index (χ1n) is 6.49. The number of H-pyrrole nitrogens is 1. The molecule has 5 heteroatoms. The average Bonchev–Trinajstić information content (AvgIpc) is 2.46. The average molecular weight is 269 g/mol. The molecule has 0 saturated heterocycles. The second-order valence-corrected chi connectivity index (χ2v) is 4.90. The van der Waals surface area contributed by atoms with E-state index in [9.17, 15) is 9.59 Å². The first kappa shape index (κ1) is 12.5. The number of aromatic nitrogens is 1. The summed E-state index contributed by atoms with van der Waals surface area (Å²) >= 11 is 0. The van der Waals surface area contributed by atoms with E-state index < -0.39 is 0 Å². The second kappa shape index (κ2) is 4.85. The van der Waals surface area contributed by atoms with Crippen LogP contribution in [0.5, 0.6) is 0 Å². The van der Waals surface area contributed by atoms with Gasteiger partial charge in [0.25, 0.3) is 5.91 Å². The number of carbonyl (C=O) groups is 1. The molecule has 1 aliphatic rings. The summed E-state index contributed by atoms with van der Waals surface area (Å²) < 4.78 is 0. The number of anilines is 1. The van der Waals surface area contributed by atoms with Crippen LogP contribution in [0.3, 0.4) is 0 Å². The summed E-state index contributed by atoms with van der Waals surface area (Å²) in [5.41, 5.74) is 9.09. The van der Waals surface area contributed by atoms with Gasteiger partial charge in [-0.15, -0.1) is 0 Å². The van der Waals surface area contributed by atoms with E-state index in [1.807, 2.05) is 18.2 Å². The Labute approximate surface area is 116 Å². The van der Waals surface area contributed by atoms with Crippen LogP contribution in [-0.2, 0) is 13.0 Å². The molecule has 3 N–H and O–H groups in total. The number of fused-ring (bicyclic) bond motifs is 1. The molecule has 0 saturated carbocycles. The molecule has 5 nitrogen and oxygen atoms in total. The van der Waals surface area contributed by atoms with Gasteiger partial charge in [0, 0.05) is 36.6 Å². The third-order valence-electron chi connectivity index (χ3n) is 3.61. The summed E-state index contributed by atoms with van der Waals surface area (Å²) in [7, 11) is 0. The van der Waals surface area contributed by atoms with Crippen LogP contribution in [0.4, 0.5) is 5.69 Å². The van der Waals surface area contributed by atoms with Gasteiger partial charge in [-0.2, -0.15) is 0 Å². The third-order valence-corrected chi connectivity index (χ3v) is 3.61. The predicted molar refractivity (Wildman–Crippen MR) is 76.4 cm³/mol. The number of carbonyl (C=O) groups excluding carboxylic acids is 1. The summed E-state index contributed by atoms with van der Waals surface area (Å²) in [6.07, 6.45) is 2.24. The molecule has 1 amide bonds. The first-order chi connectivity index (χ1) is 9.65. The van der Waals surface area contributed by atoms with Crippen LogP contribution in [0.15, 0.2) is 41.3 Å². The number of rotatable bonds is 1. The predicted octanol–water partition coefficient (Wildman–Crippen LogP) is 1.16. The molecule has 0 unspecified atom stereocenters. The Balaban J connectivity index is 1.87. The van der Waals surface area contributed by atoms with E-state index in [-0.39, 0.29) is 11.5 Å². The number of pyridine rings is 1. The van der Waals surface area contributed by atoms with Crippen LogP contribution >= 0.6 is 0 Å². The Morgan fingerprint density at radius 2 is 2.15 bits per heavy atom. The highest BCUT2D eigenvalue weighted by Gasteiger charge is 2.22. The monoisotopic (exact) mass is 269 g/mol. The molecule has 1 aromatic heterocycles. The fraction of sp³-hybridized carbons (Fsp3) is 0.200. The van der Waals surface area contributed by atoms with Gasteiger partial charge in [0.1, 0.15) is 0 Å². The molecule has 0 spiro atoms. The Morgan fingerprint density at radius 1 is 1.30 bits per heavy atom. The Bertz CT molecular complexity index is 721. The lowest BCUT2D eigenvalue weighted by atomic mass is 9.97. The number of nitrogens with zero attached hydrogens (tertiary/aromatic N) is 1. The maximum absolute atomic E-state index is 12.4. The van der Waals surface area contributed by atoms with Crippen molar-refractivity contribution >= 4 is 11.6 Å². The summed E-state index contributed by atoms with van der Waals surface area (Å²) in [6.45, 7) is 1.15. The highest BCUT2D eigenvalue weighted by molar-refractivity contribution is 5.94. The van der Waals surface area contributed by atoms with E-state index in [2.05, 4.69) is 4.98 Å². The van der Waals surface area contributed by atoms with E-state index in [1.165, 1.54) is 12.3 Å². The highest BCUT2D eigenvalue weighted by Crippen LogP contribution is 2.24. The van der Waals surface area contributed by atoms with Gasteiger partial charge in [0.2, 0.25) is 5.56 Å². The van der Waals surface area contributed by atoms with Crippen LogP contribution < -0.4 is 11.3 Å². The molecule has 3 rings (SSSR count). The van der Waals surface area contributed by atoms with Gasteiger partial charge in [-0.25, -0.2) is 0 Å². The normalized spacial score (nSPS) is 13.9. The third kappa shape index (κ3) is 2.18. The van der Waals surface area contributed by atoms with Gasteiger partial charge in [0.15, 0.2) is 0 Å². The van der Waals surface area contributed by atoms with Gasteiger partial charge in [-0.1, -0.05) is 12.1 Å². The summed E-state index contributed by atoms with van der Waals surface area (Å²) in [5, 5.41) is 0. The van der Waals surface area contributed by atoms with Crippen molar-refractivity contribution in [2.75, 3.05) is 12.3 Å². The number of nitrogens with two attached hydrogens (primary N) is 1. The molecule has 20 heavy (non-hydrogen) atoms. The van der Waals surface area contributed by atoms with Crippen molar-refractivity contribution < 1.29 is 4.79 Å². The number of nitrogens with one attached hydrogen (secondary N) is 1. The van der Waals surface area contributed by atoms with Crippen molar-refractivity contribution in [3.63, 3.8) is 0 Å². The maximum atomic E-state index is 12.4. The minimum Gasteiger partial charge on any atom is -0.398 e. The quantitative estimate of drug-likeness (QED) is 0.762. The lowest BCUT2D eigenvalue weighted by molar-refractivity contribution is 0.0734. The number of hydrogen-bond acceptors (Lipinski definition) is 3. The van der Waals surface area contributed by atoms with E-state index in [1.54, 1.807) is 11.0 Å². The lowest BCUT2D eigenvalue weighted by Gasteiger charge is -2.29. The summed E-state index contributed by atoms with van der Waals surface area (Å²) in [6, 6.07) is 8.72. The van der Waals surface area contributed by atoms with Crippen molar-refractivity contribution in [1.29, 1.82) is 0 Å². The van der Waals surface area contributed by atoms with Gasteiger partial charge in [-0.3, -0.25) is 9.59 Å². The van der Waals surface area contributed by atoms with Gasteiger partial charge >= 0.3 is 0 Å². The smallest absolute Gasteiger partial charge is 0.254 e. The number of amides is 1. The second-order valence-electron chi connectivity index (χ2n) is 4.90. The maximum Gasteiger partial charge on any atom is 0.254 e. The molecule has 0 bridgehead atoms. The Hall–Kier alpha value is -2.56. The number of nitrogen functional groups attached to an aromatic ring is 1. The zero-order chi connectivity index (χ0) is 14.1. The molecule has 0 aliphatic carbocycles. The molecule has 0 atom stereocenters. The largest absolute Gasteiger partial charge is 0.398 e. The zero-order valence-electron chi connectivity index (χ0n) is 10.9. The molecule has 2 aromatic rings. The number of benzene rings is 1. The molecule has 102 valence electrons. The minimum absolute atomic E-state index is 0.121.